The van der Waals surface area contributed by atoms with Crippen molar-refractivity contribution in [1.29, 1.82) is 0 Å². The number of carbonyl (C=O) groups excluding carboxylic acids is 1. The van der Waals surface area contributed by atoms with E-state index in [1.165, 1.54) is 22.6 Å². The van der Waals surface area contributed by atoms with Crippen molar-refractivity contribution in [2.75, 3.05) is 11.9 Å². The molecule has 0 unspecified atom stereocenters. The number of hydrogen-bond donors (Lipinski definition) is 1. The monoisotopic (exact) mass is 362 g/mol. The maximum atomic E-state index is 13.0. The van der Waals surface area contributed by atoms with Gasteiger partial charge in [-0.2, -0.15) is 0 Å². The fourth-order valence-electron chi connectivity index (χ4n) is 3.21. The van der Waals surface area contributed by atoms with Crippen LogP contribution in [0.4, 0.5) is 10.5 Å². The van der Waals surface area contributed by atoms with Crippen LogP contribution in [0.2, 0.25) is 5.02 Å². The van der Waals surface area contributed by atoms with E-state index in [9.17, 15) is 4.79 Å². The van der Waals surface area contributed by atoms with Gasteiger partial charge >= 0.3 is 6.03 Å². The van der Waals surface area contributed by atoms with E-state index in [1.54, 1.807) is 11.3 Å². The predicted octanol–water partition coefficient (Wildman–Crippen LogP) is 6.17. The van der Waals surface area contributed by atoms with Crippen molar-refractivity contribution >= 4 is 34.7 Å². The van der Waals surface area contributed by atoms with Crippen molar-refractivity contribution in [1.82, 2.24) is 4.90 Å². The SMILES string of the molecule is Cc1ccc([C@H]2CCCCCN2C(=O)Nc2cccc(Cl)c2C)s1. The number of aryl methyl sites for hydroxylation is 1. The Bertz CT molecular complexity index is 728. The molecule has 1 fully saturated rings. The topological polar surface area (TPSA) is 32.3 Å². The molecule has 0 saturated carbocycles. The van der Waals surface area contributed by atoms with Crippen LogP contribution in [0.5, 0.6) is 0 Å². The van der Waals surface area contributed by atoms with Gasteiger partial charge in [0.2, 0.25) is 0 Å². The second-order valence-electron chi connectivity index (χ2n) is 6.35. The van der Waals surface area contributed by atoms with E-state index in [2.05, 4.69) is 24.4 Å². The first-order valence-corrected chi connectivity index (χ1v) is 9.65. The summed E-state index contributed by atoms with van der Waals surface area (Å²) >= 11 is 7.97. The second-order valence-corrected chi connectivity index (χ2v) is 8.08. The molecule has 24 heavy (non-hydrogen) atoms. The van der Waals surface area contributed by atoms with Crippen molar-refractivity contribution in [3.05, 3.63) is 50.7 Å². The van der Waals surface area contributed by atoms with Crippen LogP contribution in [0, 0.1) is 13.8 Å². The lowest BCUT2D eigenvalue weighted by Crippen LogP contribution is -2.37. The normalized spacial score (nSPS) is 18.3. The van der Waals surface area contributed by atoms with E-state index in [1.807, 2.05) is 30.0 Å². The summed E-state index contributed by atoms with van der Waals surface area (Å²) in [6, 6.07) is 10.1. The van der Waals surface area contributed by atoms with Crippen molar-refractivity contribution in [2.24, 2.45) is 0 Å². The molecule has 5 heteroatoms. The average Bonchev–Trinajstić information content (AvgIpc) is 2.84. The fourth-order valence-corrected chi connectivity index (χ4v) is 4.41. The molecule has 128 valence electrons. The van der Waals surface area contributed by atoms with E-state index in [-0.39, 0.29) is 12.1 Å². The highest BCUT2D eigenvalue weighted by Gasteiger charge is 2.28. The number of carbonyl (C=O) groups is 1. The highest BCUT2D eigenvalue weighted by Crippen LogP contribution is 2.35. The first-order valence-electron chi connectivity index (χ1n) is 8.45. The number of thiophene rings is 1. The summed E-state index contributed by atoms with van der Waals surface area (Å²) in [5.74, 6) is 0. The van der Waals surface area contributed by atoms with Crippen LogP contribution in [0.25, 0.3) is 0 Å². The van der Waals surface area contributed by atoms with E-state index in [4.69, 9.17) is 11.6 Å². The van der Waals surface area contributed by atoms with Gasteiger partial charge in [-0.05, 0) is 56.5 Å². The molecule has 2 amide bonds. The zero-order chi connectivity index (χ0) is 17.1. The molecule has 0 bridgehead atoms. The Balaban J connectivity index is 1.83. The number of rotatable bonds is 2. The third-order valence-corrected chi connectivity index (χ3v) is 6.12. The summed E-state index contributed by atoms with van der Waals surface area (Å²) in [4.78, 5) is 17.5. The Morgan fingerprint density at radius 2 is 2.04 bits per heavy atom. The molecule has 3 nitrogen and oxygen atoms in total. The maximum Gasteiger partial charge on any atom is 0.322 e. The van der Waals surface area contributed by atoms with Gasteiger partial charge in [0.25, 0.3) is 0 Å². The molecule has 1 N–H and O–H groups in total. The van der Waals surface area contributed by atoms with Crippen molar-refractivity contribution in [3.63, 3.8) is 0 Å². The Kier molecular flexibility index (Phi) is 5.47. The van der Waals surface area contributed by atoms with E-state index < -0.39 is 0 Å². The molecular weight excluding hydrogens is 340 g/mol. The van der Waals surface area contributed by atoms with Gasteiger partial charge in [0.15, 0.2) is 0 Å². The Morgan fingerprint density at radius 1 is 1.21 bits per heavy atom. The van der Waals surface area contributed by atoms with Crippen LogP contribution in [-0.2, 0) is 0 Å². The number of benzene rings is 1. The first-order chi connectivity index (χ1) is 11.6. The van der Waals surface area contributed by atoms with E-state index >= 15 is 0 Å². The van der Waals surface area contributed by atoms with Gasteiger partial charge in [-0.25, -0.2) is 4.79 Å². The lowest BCUT2D eigenvalue weighted by atomic mass is 10.1. The third kappa shape index (κ3) is 3.76. The zero-order valence-corrected chi connectivity index (χ0v) is 15.7. The van der Waals surface area contributed by atoms with Gasteiger partial charge in [0.05, 0.1) is 6.04 Å². The third-order valence-electron chi connectivity index (χ3n) is 4.61. The fraction of sp³-hybridized carbons (Fsp3) is 0.421. The summed E-state index contributed by atoms with van der Waals surface area (Å²) in [6.45, 7) is 4.85. The number of halogens is 1. The minimum absolute atomic E-state index is 0.0293. The number of hydrogen-bond acceptors (Lipinski definition) is 2. The van der Waals surface area contributed by atoms with Gasteiger partial charge in [0.1, 0.15) is 0 Å². The maximum absolute atomic E-state index is 13.0. The van der Waals surface area contributed by atoms with Crippen LogP contribution in [0.15, 0.2) is 30.3 Å². The van der Waals surface area contributed by atoms with Crippen LogP contribution in [-0.4, -0.2) is 17.5 Å². The molecule has 1 aliphatic heterocycles. The smallest absolute Gasteiger partial charge is 0.317 e. The lowest BCUT2D eigenvalue weighted by Gasteiger charge is -2.30. The van der Waals surface area contributed by atoms with Gasteiger partial charge in [-0.3, -0.25) is 0 Å². The number of amides is 2. The molecule has 0 radical (unpaired) electrons. The highest BCUT2D eigenvalue weighted by molar-refractivity contribution is 7.12. The Hall–Kier alpha value is -1.52. The van der Waals surface area contributed by atoms with Crippen molar-refractivity contribution < 1.29 is 4.79 Å². The molecule has 0 aliphatic carbocycles. The molecular formula is C19H23ClN2OS. The standard InChI is InChI=1S/C19H23ClN2OS/c1-13-10-11-18(24-13)17-9-4-3-5-12-22(17)19(23)21-16-8-6-7-15(20)14(16)2/h6-8,10-11,17H,3-5,9,12H2,1-2H3,(H,21,23)/t17-/m1/s1. The summed E-state index contributed by atoms with van der Waals surface area (Å²) < 4.78 is 0. The van der Waals surface area contributed by atoms with Gasteiger partial charge in [0, 0.05) is 27.0 Å². The second kappa shape index (κ2) is 7.58. The van der Waals surface area contributed by atoms with Gasteiger partial charge in [-0.15, -0.1) is 11.3 Å². The van der Waals surface area contributed by atoms with E-state index in [0.29, 0.717) is 5.02 Å². The van der Waals surface area contributed by atoms with Crippen LogP contribution in [0.1, 0.15) is 47.0 Å². The Labute approximate surface area is 152 Å². The predicted molar refractivity (Wildman–Crippen MR) is 102 cm³/mol. The number of urea groups is 1. The number of nitrogens with zero attached hydrogens (tertiary/aromatic N) is 1. The summed E-state index contributed by atoms with van der Waals surface area (Å²) in [6.07, 6.45) is 4.44. The molecule has 1 aromatic carbocycles. The Morgan fingerprint density at radius 3 is 2.79 bits per heavy atom. The van der Waals surface area contributed by atoms with Crippen molar-refractivity contribution in [3.8, 4) is 0 Å². The first kappa shape index (κ1) is 17.3. The molecule has 1 atom stereocenters. The van der Waals surface area contributed by atoms with Crippen LogP contribution >= 0.6 is 22.9 Å². The summed E-state index contributed by atoms with van der Waals surface area (Å²) in [5, 5.41) is 3.74. The molecule has 2 heterocycles. The number of anilines is 1. The summed E-state index contributed by atoms with van der Waals surface area (Å²) in [5.41, 5.74) is 1.70. The molecule has 1 saturated heterocycles. The minimum atomic E-state index is -0.0293. The van der Waals surface area contributed by atoms with Crippen LogP contribution in [0.3, 0.4) is 0 Å². The number of nitrogens with one attached hydrogen (secondary N) is 1. The molecule has 1 aromatic heterocycles. The van der Waals surface area contributed by atoms with Crippen LogP contribution < -0.4 is 5.32 Å². The average molecular weight is 363 g/mol. The molecule has 2 aromatic rings. The molecule has 3 rings (SSSR count). The summed E-state index contributed by atoms with van der Waals surface area (Å²) in [7, 11) is 0. The van der Waals surface area contributed by atoms with Gasteiger partial charge in [-0.1, -0.05) is 30.5 Å². The van der Waals surface area contributed by atoms with E-state index in [0.717, 1.165) is 30.6 Å². The van der Waals surface area contributed by atoms with Crippen molar-refractivity contribution in [2.45, 2.75) is 45.6 Å². The molecule has 1 aliphatic rings. The number of likely N-dealkylation sites (tertiary alicyclic amines) is 1. The lowest BCUT2D eigenvalue weighted by molar-refractivity contribution is 0.190. The van der Waals surface area contributed by atoms with Gasteiger partial charge < -0.3 is 10.2 Å². The molecule has 0 spiro atoms. The quantitative estimate of drug-likeness (QED) is 0.680. The zero-order valence-electron chi connectivity index (χ0n) is 14.1. The highest BCUT2D eigenvalue weighted by atomic mass is 35.5. The minimum Gasteiger partial charge on any atom is -0.317 e. The largest absolute Gasteiger partial charge is 0.322 e.